The molecule has 0 saturated heterocycles. The van der Waals surface area contributed by atoms with Crippen molar-refractivity contribution in [3.05, 3.63) is 53.9 Å². The summed E-state index contributed by atoms with van der Waals surface area (Å²) in [7, 11) is 1.54. The number of hydrogen-bond donors (Lipinski definition) is 2. The van der Waals surface area contributed by atoms with Crippen molar-refractivity contribution in [2.75, 3.05) is 12.4 Å². The van der Waals surface area contributed by atoms with E-state index in [4.69, 9.17) is 4.74 Å². The maximum absolute atomic E-state index is 12.4. The number of nitrogens with one attached hydrogen (secondary N) is 2. The predicted octanol–water partition coefficient (Wildman–Crippen LogP) is 2.23. The number of para-hydroxylation sites is 2. The molecule has 2 N–H and O–H groups in total. The average molecular weight is 311 g/mol. The van der Waals surface area contributed by atoms with Gasteiger partial charge in [-0.1, -0.05) is 12.1 Å². The minimum Gasteiger partial charge on any atom is -0.495 e. The molecular formula is C17H17N3O3. The number of hydrogen-bond acceptors (Lipinski definition) is 4. The Labute approximate surface area is 133 Å². The second kappa shape index (κ2) is 6.48. The number of carbonyl (C=O) groups excluding carboxylic acids is 2. The number of carbonyl (C=O) groups is 2. The van der Waals surface area contributed by atoms with E-state index < -0.39 is 0 Å². The van der Waals surface area contributed by atoms with Gasteiger partial charge in [0, 0.05) is 18.4 Å². The fraction of sp³-hybridized carbons (Fsp3) is 0.235. The molecule has 0 unspecified atom stereocenters. The molecule has 1 aromatic heterocycles. The average Bonchev–Trinajstić information content (AvgIpc) is 3.39. The summed E-state index contributed by atoms with van der Waals surface area (Å²) >= 11 is 0. The highest BCUT2D eigenvalue weighted by atomic mass is 16.5. The lowest BCUT2D eigenvalue weighted by atomic mass is 10.1. The highest BCUT2D eigenvalue weighted by Crippen LogP contribution is 2.24. The van der Waals surface area contributed by atoms with Crippen LogP contribution in [0.4, 0.5) is 5.69 Å². The first-order valence-corrected chi connectivity index (χ1v) is 7.37. The van der Waals surface area contributed by atoms with Crippen molar-refractivity contribution < 1.29 is 14.3 Å². The van der Waals surface area contributed by atoms with Gasteiger partial charge in [-0.25, -0.2) is 0 Å². The van der Waals surface area contributed by atoms with Crippen molar-refractivity contribution in [3.63, 3.8) is 0 Å². The van der Waals surface area contributed by atoms with E-state index in [1.54, 1.807) is 18.2 Å². The lowest BCUT2D eigenvalue weighted by Gasteiger charge is -2.10. The largest absolute Gasteiger partial charge is 0.495 e. The molecule has 0 radical (unpaired) electrons. The zero-order valence-electron chi connectivity index (χ0n) is 12.7. The summed E-state index contributed by atoms with van der Waals surface area (Å²) in [6.07, 6.45) is 4.90. The number of amides is 2. The SMILES string of the molecule is COc1ccccc1NC(=O)c1cncc(C(=O)NC2CC2)c1. The van der Waals surface area contributed by atoms with Crippen molar-refractivity contribution in [3.8, 4) is 5.75 Å². The monoisotopic (exact) mass is 311 g/mol. The molecule has 1 aliphatic rings. The van der Waals surface area contributed by atoms with E-state index in [1.165, 1.54) is 25.6 Å². The molecule has 23 heavy (non-hydrogen) atoms. The number of pyridine rings is 1. The molecule has 0 aliphatic heterocycles. The Morgan fingerprint density at radius 1 is 1.13 bits per heavy atom. The molecule has 0 bridgehead atoms. The van der Waals surface area contributed by atoms with Gasteiger partial charge in [0.2, 0.25) is 0 Å². The highest BCUT2D eigenvalue weighted by Gasteiger charge is 2.24. The Hall–Kier alpha value is -2.89. The first kappa shape index (κ1) is 15.0. The van der Waals surface area contributed by atoms with Gasteiger partial charge in [-0.15, -0.1) is 0 Å². The van der Waals surface area contributed by atoms with Crippen LogP contribution in [0.15, 0.2) is 42.7 Å². The van der Waals surface area contributed by atoms with Crippen LogP contribution in [-0.2, 0) is 0 Å². The van der Waals surface area contributed by atoms with Crippen LogP contribution in [0.3, 0.4) is 0 Å². The normalized spacial score (nSPS) is 13.3. The third-order valence-corrected chi connectivity index (χ3v) is 3.53. The summed E-state index contributed by atoms with van der Waals surface area (Å²) in [5.74, 6) is 0.0199. The maximum Gasteiger partial charge on any atom is 0.257 e. The second-order valence-corrected chi connectivity index (χ2v) is 5.36. The zero-order valence-corrected chi connectivity index (χ0v) is 12.7. The van der Waals surface area contributed by atoms with Gasteiger partial charge in [0.25, 0.3) is 11.8 Å². The van der Waals surface area contributed by atoms with Crippen LogP contribution in [0.5, 0.6) is 5.75 Å². The molecule has 6 heteroatoms. The van der Waals surface area contributed by atoms with E-state index in [-0.39, 0.29) is 17.9 Å². The van der Waals surface area contributed by atoms with Gasteiger partial charge in [-0.3, -0.25) is 14.6 Å². The summed E-state index contributed by atoms with van der Waals surface area (Å²) in [6, 6.07) is 8.92. The topological polar surface area (TPSA) is 80.3 Å². The van der Waals surface area contributed by atoms with Gasteiger partial charge in [-0.2, -0.15) is 0 Å². The molecule has 1 heterocycles. The van der Waals surface area contributed by atoms with E-state index >= 15 is 0 Å². The summed E-state index contributed by atoms with van der Waals surface area (Å²) in [5.41, 5.74) is 1.26. The maximum atomic E-state index is 12.4. The van der Waals surface area contributed by atoms with Gasteiger partial charge in [0.05, 0.1) is 23.9 Å². The second-order valence-electron chi connectivity index (χ2n) is 5.36. The van der Waals surface area contributed by atoms with Gasteiger partial charge in [0.15, 0.2) is 0 Å². The molecule has 118 valence electrons. The number of benzene rings is 1. The minimum absolute atomic E-state index is 0.202. The molecule has 2 amide bonds. The van der Waals surface area contributed by atoms with Crippen molar-refractivity contribution in [2.45, 2.75) is 18.9 Å². The van der Waals surface area contributed by atoms with Crippen molar-refractivity contribution in [1.82, 2.24) is 10.3 Å². The Bertz CT molecular complexity index is 741. The van der Waals surface area contributed by atoms with Gasteiger partial charge in [-0.05, 0) is 31.0 Å². The number of aromatic nitrogens is 1. The van der Waals surface area contributed by atoms with Crippen LogP contribution in [0.1, 0.15) is 33.6 Å². The summed E-state index contributed by atoms with van der Waals surface area (Å²) < 4.78 is 5.20. The first-order valence-electron chi connectivity index (χ1n) is 7.37. The van der Waals surface area contributed by atoms with Gasteiger partial charge in [0.1, 0.15) is 5.75 Å². The van der Waals surface area contributed by atoms with Crippen LogP contribution in [0, 0.1) is 0 Å². The Morgan fingerprint density at radius 3 is 2.52 bits per heavy atom. The summed E-state index contributed by atoms with van der Waals surface area (Å²) in [4.78, 5) is 28.4. The van der Waals surface area contributed by atoms with E-state index in [0.29, 0.717) is 22.6 Å². The van der Waals surface area contributed by atoms with Crippen LogP contribution >= 0.6 is 0 Å². The van der Waals surface area contributed by atoms with Crippen LogP contribution < -0.4 is 15.4 Å². The first-order chi connectivity index (χ1) is 11.2. The highest BCUT2D eigenvalue weighted by molar-refractivity contribution is 6.06. The van der Waals surface area contributed by atoms with Gasteiger partial charge < -0.3 is 15.4 Å². The standard InChI is InChI=1S/C17H17N3O3/c1-23-15-5-3-2-4-14(15)20-17(22)12-8-11(9-18-10-12)16(21)19-13-6-7-13/h2-5,8-10,13H,6-7H2,1H3,(H,19,21)(H,20,22). The molecule has 1 saturated carbocycles. The smallest absolute Gasteiger partial charge is 0.257 e. The number of ether oxygens (including phenoxy) is 1. The number of nitrogens with zero attached hydrogens (tertiary/aromatic N) is 1. The Balaban J connectivity index is 1.75. The third-order valence-electron chi connectivity index (χ3n) is 3.53. The molecule has 1 aromatic carbocycles. The molecule has 3 rings (SSSR count). The fourth-order valence-electron chi connectivity index (χ4n) is 2.13. The molecule has 0 spiro atoms. The molecule has 2 aromatic rings. The van der Waals surface area contributed by atoms with Gasteiger partial charge >= 0.3 is 0 Å². The molecule has 6 nitrogen and oxygen atoms in total. The van der Waals surface area contributed by atoms with E-state index in [9.17, 15) is 9.59 Å². The Morgan fingerprint density at radius 2 is 1.83 bits per heavy atom. The quantitative estimate of drug-likeness (QED) is 0.887. The lowest BCUT2D eigenvalue weighted by molar-refractivity contribution is 0.0950. The molecule has 1 fully saturated rings. The summed E-state index contributed by atoms with van der Waals surface area (Å²) in [5, 5.41) is 5.63. The molecule has 0 atom stereocenters. The predicted molar refractivity (Wildman–Crippen MR) is 85.7 cm³/mol. The van der Waals surface area contributed by atoms with E-state index in [0.717, 1.165) is 12.8 Å². The third kappa shape index (κ3) is 3.66. The van der Waals surface area contributed by atoms with Crippen LogP contribution in [0.25, 0.3) is 0 Å². The number of anilines is 1. The zero-order chi connectivity index (χ0) is 16.2. The van der Waals surface area contributed by atoms with Crippen LogP contribution in [0.2, 0.25) is 0 Å². The van der Waals surface area contributed by atoms with E-state index in [2.05, 4.69) is 15.6 Å². The lowest BCUT2D eigenvalue weighted by Crippen LogP contribution is -2.26. The van der Waals surface area contributed by atoms with Crippen LogP contribution in [-0.4, -0.2) is 29.9 Å². The van der Waals surface area contributed by atoms with Crippen molar-refractivity contribution >= 4 is 17.5 Å². The number of methoxy groups -OCH3 is 1. The molecule has 1 aliphatic carbocycles. The van der Waals surface area contributed by atoms with Crippen molar-refractivity contribution in [2.24, 2.45) is 0 Å². The Kier molecular flexibility index (Phi) is 4.23. The molecular weight excluding hydrogens is 294 g/mol. The summed E-state index contributed by atoms with van der Waals surface area (Å²) in [6.45, 7) is 0. The van der Waals surface area contributed by atoms with Crippen molar-refractivity contribution in [1.29, 1.82) is 0 Å². The minimum atomic E-state index is -0.344. The van der Waals surface area contributed by atoms with E-state index in [1.807, 2.05) is 6.07 Å². The number of rotatable bonds is 5. The fourth-order valence-corrected chi connectivity index (χ4v) is 2.13.